The topological polar surface area (TPSA) is 74.2 Å². The molecule has 2 saturated heterocycles. The molecule has 3 aromatic carbocycles. The SMILES string of the molecule is Cc1c(C)n(CCCN2CCNCC2)c2ccc(Nc3ccc(C(=O)N4CCN(CCc5ccc6c(c5)OCO6)CC4)cc3)cc12. The van der Waals surface area contributed by atoms with Gasteiger partial charge in [-0.2, -0.15) is 0 Å². The first-order chi connectivity index (χ1) is 22.5. The number of aryl methyl sites for hydroxylation is 2. The third kappa shape index (κ3) is 6.72. The quantitative estimate of drug-likeness (QED) is 0.257. The van der Waals surface area contributed by atoms with Gasteiger partial charge in [0.2, 0.25) is 6.79 Å². The largest absolute Gasteiger partial charge is 0.454 e. The first-order valence-electron chi connectivity index (χ1n) is 16.8. The number of nitrogens with one attached hydrogen (secondary N) is 2. The van der Waals surface area contributed by atoms with Crippen molar-refractivity contribution in [2.24, 2.45) is 0 Å². The first-order valence-corrected chi connectivity index (χ1v) is 16.8. The van der Waals surface area contributed by atoms with Crippen LogP contribution in [0.4, 0.5) is 11.4 Å². The number of hydrogen-bond donors (Lipinski definition) is 2. The van der Waals surface area contributed by atoms with E-state index in [1.165, 1.54) is 27.7 Å². The summed E-state index contributed by atoms with van der Waals surface area (Å²) in [6, 6.07) is 20.8. The van der Waals surface area contributed by atoms with Crippen LogP contribution in [0.5, 0.6) is 11.5 Å². The fraction of sp³-hybridized carbons (Fsp3) is 0.432. The van der Waals surface area contributed by atoms with E-state index in [-0.39, 0.29) is 5.91 Å². The van der Waals surface area contributed by atoms with Gasteiger partial charge in [0.15, 0.2) is 11.5 Å². The highest BCUT2D eigenvalue weighted by atomic mass is 16.7. The maximum Gasteiger partial charge on any atom is 0.253 e. The summed E-state index contributed by atoms with van der Waals surface area (Å²) in [4.78, 5) is 20.3. The third-order valence-corrected chi connectivity index (χ3v) is 9.94. The van der Waals surface area contributed by atoms with Crippen LogP contribution in [0.1, 0.15) is 33.6 Å². The van der Waals surface area contributed by atoms with Crippen molar-refractivity contribution in [2.45, 2.75) is 33.2 Å². The summed E-state index contributed by atoms with van der Waals surface area (Å²) in [7, 11) is 0. The zero-order valence-electron chi connectivity index (χ0n) is 27.2. The number of ether oxygens (including phenoxy) is 2. The second-order valence-electron chi connectivity index (χ2n) is 12.8. The van der Waals surface area contributed by atoms with Crippen molar-refractivity contribution in [1.29, 1.82) is 0 Å². The Balaban J connectivity index is 0.908. The van der Waals surface area contributed by atoms with E-state index in [1.54, 1.807) is 0 Å². The number of nitrogens with zero attached hydrogens (tertiary/aromatic N) is 4. The fourth-order valence-corrected chi connectivity index (χ4v) is 7.01. The first kappa shape index (κ1) is 30.6. The van der Waals surface area contributed by atoms with E-state index in [0.717, 1.165) is 113 Å². The summed E-state index contributed by atoms with van der Waals surface area (Å²) < 4.78 is 13.4. The molecular formula is C37H46N6O3. The molecule has 3 aliphatic rings. The van der Waals surface area contributed by atoms with Gasteiger partial charge >= 0.3 is 0 Å². The molecule has 0 atom stereocenters. The summed E-state index contributed by atoms with van der Waals surface area (Å²) in [5.74, 6) is 1.76. The Morgan fingerprint density at radius 1 is 0.783 bits per heavy atom. The fourth-order valence-electron chi connectivity index (χ4n) is 7.01. The minimum Gasteiger partial charge on any atom is -0.454 e. The Labute approximate surface area is 272 Å². The van der Waals surface area contributed by atoms with E-state index in [0.29, 0.717) is 6.79 Å². The minimum atomic E-state index is 0.104. The third-order valence-electron chi connectivity index (χ3n) is 9.94. The molecule has 9 heteroatoms. The molecule has 1 amide bonds. The average molecular weight is 623 g/mol. The highest BCUT2D eigenvalue weighted by Gasteiger charge is 2.22. The summed E-state index contributed by atoms with van der Waals surface area (Å²) in [6.45, 7) is 15.7. The molecule has 2 fully saturated rings. The van der Waals surface area contributed by atoms with Crippen molar-refractivity contribution in [1.82, 2.24) is 24.6 Å². The molecule has 9 nitrogen and oxygen atoms in total. The van der Waals surface area contributed by atoms with Gasteiger partial charge in [0.1, 0.15) is 0 Å². The summed E-state index contributed by atoms with van der Waals surface area (Å²) in [5, 5.41) is 8.30. The molecule has 0 unspecified atom stereocenters. The molecule has 0 saturated carbocycles. The number of rotatable bonds is 10. The summed E-state index contributed by atoms with van der Waals surface area (Å²) >= 11 is 0. The van der Waals surface area contributed by atoms with Crippen molar-refractivity contribution >= 4 is 28.2 Å². The number of anilines is 2. The monoisotopic (exact) mass is 622 g/mol. The van der Waals surface area contributed by atoms with Gasteiger partial charge in [0, 0.05) is 99.0 Å². The van der Waals surface area contributed by atoms with Crippen molar-refractivity contribution in [3.05, 3.63) is 83.0 Å². The van der Waals surface area contributed by atoms with Crippen molar-refractivity contribution in [2.75, 3.05) is 77.6 Å². The Morgan fingerprint density at radius 3 is 2.33 bits per heavy atom. The normalized spacial score (nSPS) is 17.1. The highest BCUT2D eigenvalue weighted by molar-refractivity contribution is 5.95. The van der Waals surface area contributed by atoms with Gasteiger partial charge in [-0.15, -0.1) is 0 Å². The molecule has 7 rings (SSSR count). The zero-order chi connectivity index (χ0) is 31.5. The lowest BCUT2D eigenvalue weighted by atomic mass is 10.1. The van der Waals surface area contributed by atoms with Crippen LogP contribution >= 0.6 is 0 Å². The summed E-state index contributed by atoms with van der Waals surface area (Å²) in [5.41, 5.74) is 8.01. The van der Waals surface area contributed by atoms with Gasteiger partial charge < -0.3 is 34.5 Å². The lowest BCUT2D eigenvalue weighted by Crippen LogP contribution is -2.49. The number of aromatic nitrogens is 1. The van der Waals surface area contributed by atoms with Crippen LogP contribution in [0.2, 0.25) is 0 Å². The molecule has 3 aliphatic heterocycles. The molecule has 0 aliphatic carbocycles. The van der Waals surface area contributed by atoms with Gasteiger partial charge in [0.05, 0.1) is 0 Å². The van der Waals surface area contributed by atoms with Crippen LogP contribution in [-0.2, 0) is 13.0 Å². The van der Waals surface area contributed by atoms with Gasteiger partial charge in [-0.3, -0.25) is 9.69 Å². The van der Waals surface area contributed by atoms with Crippen LogP contribution in [0.25, 0.3) is 10.9 Å². The molecule has 0 bridgehead atoms. The molecule has 4 heterocycles. The number of carbonyl (C=O) groups excluding carboxylic acids is 1. The van der Waals surface area contributed by atoms with E-state index in [2.05, 4.69) is 69.2 Å². The Bertz CT molecular complexity index is 1670. The molecule has 0 radical (unpaired) electrons. The minimum absolute atomic E-state index is 0.104. The number of amides is 1. The van der Waals surface area contributed by atoms with Crippen LogP contribution < -0.4 is 20.1 Å². The Morgan fingerprint density at radius 2 is 1.52 bits per heavy atom. The Hall–Kier alpha value is -4.05. The lowest BCUT2D eigenvalue weighted by molar-refractivity contribution is 0.0638. The molecule has 2 N–H and O–H groups in total. The van der Waals surface area contributed by atoms with Crippen LogP contribution in [0.15, 0.2) is 60.7 Å². The lowest BCUT2D eigenvalue weighted by Gasteiger charge is -2.34. The van der Waals surface area contributed by atoms with E-state index in [1.807, 2.05) is 35.2 Å². The number of piperazine rings is 2. The molecule has 0 spiro atoms. The number of hydrogen-bond acceptors (Lipinski definition) is 7. The second kappa shape index (κ2) is 13.7. The average Bonchev–Trinajstić information content (AvgIpc) is 3.66. The van der Waals surface area contributed by atoms with Gasteiger partial charge in [-0.1, -0.05) is 6.07 Å². The number of carbonyl (C=O) groups is 1. The van der Waals surface area contributed by atoms with Crippen molar-refractivity contribution < 1.29 is 14.3 Å². The molecule has 4 aromatic rings. The molecule has 242 valence electrons. The maximum atomic E-state index is 13.3. The smallest absolute Gasteiger partial charge is 0.253 e. The number of fused-ring (bicyclic) bond motifs is 2. The predicted molar refractivity (Wildman–Crippen MR) is 184 cm³/mol. The van der Waals surface area contributed by atoms with Crippen LogP contribution in [-0.4, -0.2) is 97.4 Å². The van der Waals surface area contributed by atoms with E-state index < -0.39 is 0 Å². The second-order valence-corrected chi connectivity index (χ2v) is 12.8. The van der Waals surface area contributed by atoms with Crippen LogP contribution in [0.3, 0.4) is 0 Å². The number of benzene rings is 3. The van der Waals surface area contributed by atoms with Gasteiger partial charge in [0.25, 0.3) is 5.91 Å². The zero-order valence-corrected chi connectivity index (χ0v) is 27.2. The van der Waals surface area contributed by atoms with E-state index >= 15 is 0 Å². The predicted octanol–water partition coefficient (Wildman–Crippen LogP) is 5.03. The molecule has 46 heavy (non-hydrogen) atoms. The van der Waals surface area contributed by atoms with Crippen molar-refractivity contribution in [3.8, 4) is 11.5 Å². The maximum absolute atomic E-state index is 13.3. The van der Waals surface area contributed by atoms with Crippen LogP contribution in [0, 0.1) is 13.8 Å². The highest BCUT2D eigenvalue weighted by Crippen LogP contribution is 2.33. The molecule has 1 aromatic heterocycles. The standard InChI is InChI=1S/C37H46N6O3/c1-27-28(2)43(16-3-15-40-18-13-38-14-19-40)34-10-9-32(25-33(27)34)39-31-7-5-30(6-8-31)37(44)42-22-20-41(21-23-42)17-12-29-4-11-35-36(24-29)46-26-45-35/h4-11,24-25,38-39H,3,12-23,26H2,1-2H3. The van der Waals surface area contributed by atoms with Gasteiger partial charge in [-0.25, -0.2) is 0 Å². The Kier molecular flexibility index (Phi) is 9.14. The van der Waals surface area contributed by atoms with Crippen molar-refractivity contribution in [3.63, 3.8) is 0 Å². The summed E-state index contributed by atoms with van der Waals surface area (Å²) in [6.07, 6.45) is 2.11. The van der Waals surface area contributed by atoms with E-state index in [9.17, 15) is 4.79 Å². The van der Waals surface area contributed by atoms with Gasteiger partial charge in [-0.05, 0) is 99.0 Å². The molecular weight excluding hydrogens is 576 g/mol. The van der Waals surface area contributed by atoms with E-state index in [4.69, 9.17) is 9.47 Å².